The van der Waals surface area contributed by atoms with Crippen LogP contribution in [0.3, 0.4) is 0 Å². The fraction of sp³-hybridized carbons (Fsp3) is 0.227. The van der Waals surface area contributed by atoms with Gasteiger partial charge in [-0.05, 0) is 62.4 Å². The van der Waals surface area contributed by atoms with Crippen LogP contribution in [0.4, 0.5) is 15.9 Å². The number of carbonyl (C=O) groups is 2. The van der Waals surface area contributed by atoms with Crippen molar-refractivity contribution in [3.05, 3.63) is 59.9 Å². The highest BCUT2D eigenvalue weighted by Crippen LogP contribution is 2.34. The molecule has 1 atom stereocenters. The van der Waals surface area contributed by atoms with Gasteiger partial charge in [0.05, 0.1) is 18.7 Å². The van der Waals surface area contributed by atoms with Gasteiger partial charge in [-0.2, -0.15) is 5.10 Å². The number of fused-ring (bicyclic) bond motifs is 1. The summed E-state index contributed by atoms with van der Waals surface area (Å²) in [7, 11) is 0. The van der Waals surface area contributed by atoms with Gasteiger partial charge >= 0.3 is 0 Å². The van der Waals surface area contributed by atoms with Gasteiger partial charge in [0.2, 0.25) is 11.8 Å². The largest absolute Gasteiger partial charge is 0.494 e. The Balaban J connectivity index is 1.62. The third kappa shape index (κ3) is 3.76. The molecule has 0 saturated carbocycles. The predicted octanol–water partition coefficient (Wildman–Crippen LogP) is 3.92. The zero-order valence-electron chi connectivity index (χ0n) is 16.6. The number of ether oxygens (including phenoxy) is 1. The summed E-state index contributed by atoms with van der Waals surface area (Å²) in [5.41, 5.74) is 2.61. The summed E-state index contributed by atoms with van der Waals surface area (Å²) in [4.78, 5) is 25.2. The molecule has 1 unspecified atom stereocenters. The second kappa shape index (κ2) is 7.98. The highest BCUT2D eigenvalue weighted by atomic mass is 19.1. The molecule has 2 aromatic carbocycles. The van der Waals surface area contributed by atoms with E-state index in [1.807, 2.05) is 13.8 Å². The van der Waals surface area contributed by atoms with Crippen LogP contribution < -0.4 is 15.4 Å². The van der Waals surface area contributed by atoms with Gasteiger partial charge in [0, 0.05) is 16.8 Å². The van der Waals surface area contributed by atoms with Crippen molar-refractivity contribution in [1.29, 1.82) is 0 Å². The van der Waals surface area contributed by atoms with Gasteiger partial charge in [-0.25, -0.2) is 9.07 Å². The summed E-state index contributed by atoms with van der Waals surface area (Å²) in [6.45, 7) is 4.26. The highest BCUT2D eigenvalue weighted by Gasteiger charge is 2.34. The van der Waals surface area contributed by atoms with E-state index in [2.05, 4.69) is 15.7 Å². The predicted molar refractivity (Wildman–Crippen MR) is 111 cm³/mol. The van der Waals surface area contributed by atoms with Crippen LogP contribution in [-0.2, 0) is 9.59 Å². The highest BCUT2D eigenvalue weighted by molar-refractivity contribution is 6.02. The molecule has 0 saturated heterocycles. The molecule has 154 valence electrons. The average molecular weight is 408 g/mol. The lowest BCUT2D eigenvalue weighted by atomic mass is 10.1. The summed E-state index contributed by atoms with van der Waals surface area (Å²) in [5, 5.41) is 10.2. The maximum atomic E-state index is 13.3. The lowest BCUT2D eigenvalue weighted by Gasteiger charge is -2.24. The number of anilines is 2. The van der Waals surface area contributed by atoms with Gasteiger partial charge in [0.25, 0.3) is 0 Å². The summed E-state index contributed by atoms with van der Waals surface area (Å²) in [6.07, 6.45) is -0.0279. The minimum Gasteiger partial charge on any atom is -0.494 e. The Bertz CT molecular complexity index is 1090. The van der Waals surface area contributed by atoms with Crippen molar-refractivity contribution in [2.45, 2.75) is 26.3 Å². The molecule has 0 bridgehead atoms. The second-order valence-corrected chi connectivity index (χ2v) is 6.99. The molecule has 2 N–H and O–H groups in total. The quantitative estimate of drug-likeness (QED) is 0.670. The maximum absolute atomic E-state index is 13.3. The van der Waals surface area contributed by atoms with Crippen LogP contribution in [-0.4, -0.2) is 28.2 Å². The van der Waals surface area contributed by atoms with Crippen LogP contribution in [0.15, 0.2) is 48.5 Å². The number of rotatable bonds is 5. The van der Waals surface area contributed by atoms with Crippen LogP contribution in [0.2, 0.25) is 0 Å². The number of aromatic nitrogens is 2. The molecule has 4 rings (SSSR count). The molecule has 2 amide bonds. The van der Waals surface area contributed by atoms with Crippen molar-refractivity contribution in [2.75, 3.05) is 17.2 Å². The van der Waals surface area contributed by atoms with E-state index >= 15 is 0 Å². The molecule has 1 aliphatic heterocycles. The van der Waals surface area contributed by atoms with Gasteiger partial charge in [-0.3, -0.25) is 9.59 Å². The van der Waals surface area contributed by atoms with Gasteiger partial charge in [-0.1, -0.05) is 0 Å². The first-order valence-electron chi connectivity index (χ1n) is 9.65. The van der Waals surface area contributed by atoms with E-state index < -0.39 is 6.04 Å². The summed E-state index contributed by atoms with van der Waals surface area (Å²) < 4.78 is 20.2. The zero-order chi connectivity index (χ0) is 21.3. The fourth-order valence-electron chi connectivity index (χ4n) is 3.45. The molecule has 0 aliphatic carbocycles. The summed E-state index contributed by atoms with van der Waals surface area (Å²) in [6, 6.07) is 12.2. The van der Waals surface area contributed by atoms with Crippen LogP contribution in [0.25, 0.3) is 11.3 Å². The minimum atomic E-state index is -0.798. The fourth-order valence-corrected chi connectivity index (χ4v) is 3.45. The number of carbonyl (C=O) groups excluding carboxylic acids is 2. The van der Waals surface area contributed by atoms with Gasteiger partial charge in [-0.15, -0.1) is 0 Å². The molecular weight excluding hydrogens is 387 g/mol. The van der Waals surface area contributed by atoms with Crippen molar-refractivity contribution < 1.29 is 18.7 Å². The van der Waals surface area contributed by atoms with E-state index in [0.29, 0.717) is 40.7 Å². The monoisotopic (exact) mass is 408 g/mol. The maximum Gasteiger partial charge on any atom is 0.249 e. The van der Waals surface area contributed by atoms with E-state index in [1.54, 1.807) is 36.4 Å². The Hall–Kier alpha value is -3.68. The van der Waals surface area contributed by atoms with Crippen molar-refractivity contribution in [2.24, 2.45) is 0 Å². The normalized spacial score (nSPS) is 15.3. The van der Waals surface area contributed by atoms with E-state index in [4.69, 9.17) is 4.74 Å². The molecule has 3 aromatic rings. The number of benzene rings is 2. The number of nitrogens with zero attached hydrogens (tertiary/aromatic N) is 2. The van der Waals surface area contributed by atoms with Crippen LogP contribution in [0, 0.1) is 12.7 Å². The molecule has 0 fully saturated rings. The van der Waals surface area contributed by atoms with Crippen molar-refractivity contribution in [1.82, 2.24) is 9.78 Å². The summed E-state index contributed by atoms with van der Waals surface area (Å²) >= 11 is 0. The Morgan fingerprint density at radius 2 is 1.93 bits per heavy atom. The molecular formula is C22H21FN4O3. The van der Waals surface area contributed by atoms with E-state index in [1.165, 1.54) is 16.8 Å². The van der Waals surface area contributed by atoms with Crippen LogP contribution >= 0.6 is 0 Å². The smallest absolute Gasteiger partial charge is 0.249 e. The molecule has 1 aromatic heterocycles. The molecule has 0 radical (unpaired) electrons. The van der Waals surface area contributed by atoms with Crippen molar-refractivity contribution >= 4 is 23.3 Å². The van der Waals surface area contributed by atoms with Gasteiger partial charge in [0.15, 0.2) is 0 Å². The van der Waals surface area contributed by atoms with Crippen LogP contribution in [0.1, 0.15) is 24.9 Å². The number of hydrogen-bond donors (Lipinski definition) is 2. The van der Waals surface area contributed by atoms with Crippen molar-refractivity contribution in [3.8, 4) is 17.0 Å². The number of amides is 2. The van der Waals surface area contributed by atoms with E-state index in [0.717, 1.165) is 0 Å². The van der Waals surface area contributed by atoms with Crippen molar-refractivity contribution in [3.63, 3.8) is 0 Å². The summed E-state index contributed by atoms with van der Waals surface area (Å²) in [5.74, 6) is 0.228. The first kappa shape index (κ1) is 19.6. The Morgan fingerprint density at radius 1 is 1.23 bits per heavy atom. The zero-order valence-corrected chi connectivity index (χ0v) is 16.6. The minimum absolute atomic E-state index is 0.0279. The van der Waals surface area contributed by atoms with Crippen LogP contribution in [0.5, 0.6) is 5.75 Å². The molecule has 2 heterocycles. The second-order valence-electron chi connectivity index (χ2n) is 6.99. The Kier molecular flexibility index (Phi) is 5.22. The van der Waals surface area contributed by atoms with Gasteiger partial charge < -0.3 is 15.4 Å². The Labute approximate surface area is 172 Å². The lowest BCUT2D eigenvalue weighted by Crippen LogP contribution is -2.35. The first-order chi connectivity index (χ1) is 14.5. The Morgan fingerprint density at radius 3 is 2.60 bits per heavy atom. The van der Waals surface area contributed by atoms with Gasteiger partial charge in [0.1, 0.15) is 23.4 Å². The van der Waals surface area contributed by atoms with E-state index in [-0.39, 0.29) is 24.1 Å². The third-order valence-electron chi connectivity index (χ3n) is 4.93. The number of halogens is 1. The topological polar surface area (TPSA) is 85.2 Å². The number of nitrogens with one attached hydrogen (secondary N) is 2. The lowest BCUT2D eigenvalue weighted by molar-refractivity contribution is -0.125. The molecule has 8 heteroatoms. The van der Waals surface area contributed by atoms with E-state index in [9.17, 15) is 14.0 Å². The molecule has 0 spiro atoms. The molecule has 30 heavy (non-hydrogen) atoms. The standard InChI is InChI=1S/C22H21FN4O3/c1-3-30-17-10-8-16(9-11-17)24-22(29)18-12-19(28)25-21-13(2)20(26-27(18)21)14-4-6-15(23)7-5-14/h4-11,18H,3,12H2,1-2H3,(H,24,29)(H,25,28). The molecule has 1 aliphatic rings. The third-order valence-corrected chi connectivity index (χ3v) is 4.93. The average Bonchev–Trinajstić information content (AvgIpc) is 3.06. The first-order valence-corrected chi connectivity index (χ1v) is 9.65. The molecule has 7 nitrogen and oxygen atoms in total. The number of hydrogen-bond acceptors (Lipinski definition) is 4. The SMILES string of the molecule is CCOc1ccc(NC(=O)C2CC(=O)Nc3c(C)c(-c4ccc(F)cc4)nn32)cc1.